The van der Waals surface area contributed by atoms with E-state index in [0.717, 1.165) is 63.8 Å². The number of esters is 1. The first-order valence-corrected chi connectivity index (χ1v) is 13.4. The molecule has 3 saturated heterocycles. The van der Waals surface area contributed by atoms with Crippen LogP contribution in [0, 0.1) is 11.8 Å². The number of piperidine rings is 3. The van der Waals surface area contributed by atoms with Gasteiger partial charge in [-0.05, 0) is 29.7 Å². The zero-order valence-corrected chi connectivity index (χ0v) is 22.5. The van der Waals surface area contributed by atoms with Crippen molar-refractivity contribution in [2.24, 2.45) is 11.8 Å². The quantitative estimate of drug-likeness (QED) is 0.355. The zero-order valence-electron chi connectivity index (χ0n) is 20.1. The van der Waals surface area contributed by atoms with Crippen molar-refractivity contribution in [2.45, 2.75) is 63.6 Å². The van der Waals surface area contributed by atoms with Gasteiger partial charge in [-0.2, -0.15) is 11.3 Å². The number of anilines is 1. The van der Waals surface area contributed by atoms with Crippen molar-refractivity contribution in [2.75, 3.05) is 31.5 Å². The van der Waals surface area contributed by atoms with Gasteiger partial charge < -0.3 is 41.1 Å². The van der Waals surface area contributed by atoms with E-state index in [1.165, 1.54) is 11.3 Å². The Morgan fingerprint density at radius 2 is 2.03 bits per heavy atom. The molecule has 2 bridgehead atoms. The van der Waals surface area contributed by atoms with Gasteiger partial charge in [-0.15, -0.1) is 0 Å². The highest BCUT2D eigenvalue weighted by molar-refractivity contribution is 7.08. The number of nitrogens with one attached hydrogen (secondary N) is 1. The highest BCUT2D eigenvalue weighted by atomic mass is 79.9. The van der Waals surface area contributed by atoms with Crippen LogP contribution in [0.15, 0.2) is 27.4 Å². The van der Waals surface area contributed by atoms with Crippen LogP contribution in [0.4, 0.5) is 5.82 Å². The number of rotatable bonds is 8. The minimum atomic E-state index is -1.59. The summed E-state index contributed by atoms with van der Waals surface area (Å²) in [4.78, 5) is 26.3. The molecule has 0 radical (unpaired) electrons. The highest BCUT2D eigenvalue weighted by Gasteiger charge is 2.53. The largest absolute Gasteiger partial charge is 1.00 e. The normalized spacial score (nSPS) is 27.7. The van der Waals surface area contributed by atoms with E-state index < -0.39 is 11.6 Å². The number of thiophene rings is 1. The summed E-state index contributed by atoms with van der Waals surface area (Å²) in [5.41, 5.74) is -0.938. The molecule has 10 heteroatoms. The van der Waals surface area contributed by atoms with Crippen LogP contribution in [0.2, 0.25) is 0 Å². The van der Waals surface area contributed by atoms with Crippen molar-refractivity contribution in [1.29, 1.82) is 0 Å². The first-order chi connectivity index (χ1) is 16.4. The molecule has 4 aliphatic rings. The van der Waals surface area contributed by atoms with E-state index in [4.69, 9.17) is 9.26 Å². The molecule has 192 valence electrons. The van der Waals surface area contributed by atoms with E-state index in [2.05, 4.69) is 10.5 Å². The summed E-state index contributed by atoms with van der Waals surface area (Å²) in [6.45, 7) is 4.67. The van der Waals surface area contributed by atoms with Gasteiger partial charge in [0.05, 0.1) is 13.1 Å². The monoisotopic (exact) mass is 567 g/mol. The third-order valence-electron chi connectivity index (χ3n) is 8.17. The Bertz CT molecular complexity index is 1010. The first-order valence-electron chi connectivity index (χ1n) is 12.5. The van der Waals surface area contributed by atoms with Crippen molar-refractivity contribution in [3.05, 3.63) is 34.2 Å². The maximum Gasteiger partial charge on any atom is 0.343 e. The number of aromatic nitrogens is 1. The number of fused-ring (bicyclic) bond motifs is 3. The summed E-state index contributed by atoms with van der Waals surface area (Å²) in [7, 11) is 0. The van der Waals surface area contributed by atoms with Crippen molar-refractivity contribution in [3.63, 3.8) is 0 Å². The van der Waals surface area contributed by atoms with Crippen LogP contribution in [0.25, 0.3) is 0 Å². The fourth-order valence-corrected chi connectivity index (χ4v) is 6.88. The third-order valence-corrected chi connectivity index (χ3v) is 8.86. The molecule has 1 unspecified atom stereocenters. The standard InChI is InChI=1S/C25H33N3O5S.BrH/c1-2-20-13-22(27-33-20)26-23(29)15-28-10-7-17(8-11-28)21(14-28)32-24(30)25(31,18-5-3-4-6-18)19-9-12-34-16-19;/h9,12-13,16-18,21,31H,2-8,10-11,14-15H2,1H3;1H/t17?,21-,25?,28?;/m0./s1. The van der Waals surface area contributed by atoms with E-state index in [1.807, 2.05) is 23.8 Å². The molecule has 1 saturated carbocycles. The molecule has 8 nitrogen and oxygen atoms in total. The van der Waals surface area contributed by atoms with Gasteiger partial charge in [0.2, 0.25) is 0 Å². The Balaban J connectivity index is 0.00000289. The molecule has 5 heterocycles. The van der Waals surface area contributed by atoms with Crippen LogP contribution in [0.3, 0.4) is 0 Å². The smallest absolute Gasteiger partial charge is 0.343 e. The number of carbonyl (C=O) groups excluding carboxylic acids is 2. The Morgan fingerprint density at radius 3 is 2.66 bits per heavy atom. The number of nitrogens with zero attached hydrogens (tertiary/aromatic N) is 2. The SMILES string of the molecule is CCc1cc(NC(=O)C[N+]23CCC(CC2)[C@@H](OC(=O)C(O)(c2ccsc2)C2CCCC2)C3)no1.[Br-]. The van der Waals surface area contributed by atoms with Gasteiger partial charge in [0.1, 0.15) is 12.3 Å². The molecule has 1 aliphatic carbocycles. The van der Waals surface area contributed by atoms with Crippen LogP contribution in [0.5, 0.6) is 0 Å². The number of ether oxygens (including phenoxy) is 1. The minimum Gasteiger partial charge on any atom is -1.00 e. The number of aliphatic hydroxyl groups is 1. The summed E-state index contributed by atoms with van der Waals surface area (Å²) >= 11 is 1.48. The Labute approximate surface area is 220 Å². The number of amides is 1. The van der Waals surface area contributed by atoms with Crippen molar-refractivity contribution in [3.8, 4) is 0 Å². The van der Waals surface area contributed by atoms with Crippen LogP contribution >= 0.6 is 11.3 Å². The van der Waals surface area contributed by atoms with E-state index in [9.17, 15) is 14.7 Å². The topological polar surface area (TPSA) is 102 Å². The number of quaternary nitrogens is 1. The second-order valence-electron chi connectivity index (χ2n) is 10.3. The number of carbonyl (C=O) groups is 2. The van der Waals surface area contributed by atoms with Crippen LogP contribution < -0.4 is 22.3 Å². The predicted octanol–water partition coefficient (Wildman–Crippen LogP) is 0.471. The molecular weight excluding hydrogens is 534 g/mol. The summed E-state index contributed by atoms with van der Waals surface area (Å²) in [6.07, 6.45) is 5.97. The molecule has 2 N–H and O–H groups in total. The van der Waals surface area contributed by atoms with Gasteiger partial charge in [0.25, 0.3) is 5.91 Å². The van der Waals surface area contributed by atoms with E-state index in [-0.39, 0.29) is 40.8 Å². The summed E-state index contributed by atoms with van der Waals surface area (Å²) in [5, 5.41) is 22.2. The van der Waals surface area contributed by atoms with Gasteiger partial charge in [-0.25, -0.2) is 4.79 Å². The third kappa shape index (κ3) is 5.21. The fraction of sp³-hybridized carbons (Fsp3) is 0.640. The molecule has 4 fully saturated rings. The van der Waals surface area contributed by atoms with Gasteiger partial charge >= 0.3 is 5.97 Å². The van der Waals surface area contributed by atoms with Gasteiger partial charge in [-0.1, -0.05) is 24.9 Å². The lowest BCUT2D eigenvalue weighted by Gasteiger charge is -2.51. The lowest BCUT2D eigenvalue weighted by molar-refractivity contribution is -0.939. The molecule has 0 spiro atoms. The Morgan fingerprint density at radius 1 is 1.29 bits per heavy atom. The summed E-state index contributed by atoms with van der Waals surface area (Å²) in [6, 6.07) is 3.59. The number of hydrogen-bond acceptors (Lipinski definition) is 7. The maximum atomic E-state index is 13.5. The second-order valence-corrected chi connectivity index (χ2v) is 11.0. The van der Waals surface area contributed by atoms with Crippen LogP contribution in [-0.2, 0) is 26.3 Å². The van der Waals surface area contributed by atoms with Crippen molar-refractivity contribution >= 4 is 29.0 Å². The Hall–Kier alpha value is -1.75. The molecule has 2 aromatic rings. The van der Waals surface area contributed by atoms with Crippen molar-refractivity contribution < 1.29 is 45.4 Å². The molecule has 2 atom stereocenters. The molecule has 6 rings (SSSR count). The molecular formula is C25H34BrN3O5S. The van der Waals surface area contributed by atoms with Gasteiger partial charge in [-0.3, -0.25) is 4.79 Å². The second kappa shape index (κ2) is 10.7. The molecule has 3 aliphatic heterocycles. The number of halogens is 1. The fourth-order valence-electron chi connectivity index (χ4n) is 6.17. The van der Waals surface area contributed by atoms with E-state index in [1.54, 1.807) is 6.07 Å². The summed E-state index contributed by atoms with van der Waals surface area (Å²) in [5.74, 6) is 0.710. The molecule has 0 aromatic carbocycles. The Kier molecular flexibility index (Phi) is 8.05. The van der Waals surface area contributed by atoms with Crippen LogP contribution in [0.1, 0.15) is 56.8 Å². The zero-order chi connectivity index (χ0) is 23.8. The molecule has 35 heavy (non-hydrogen) atoms. The predicted molar refractivity (Wildman–Crippen MR) is 127 cm³/mol. The lowest BCUT2D eigenvalue weighted by atomic mass is 9.80. The lowest BCUT2D eigenvalue weighted by Crippen LogP contribution is -3.00. The average Bonchev–Trinajstić information content (AvgIpc) is 3.62. The highest BCUT2D eigenvalue weighted by Crippen LogP contribution is 2.44. The number of hydrogen-bond donors (Lipinski definition) is 2. The number of aryl methyl sites for hydroxylation is 1. The first kappa shape index (κ1) is 26.3. The van der Waals surface area contributed by atoms with Gasteiger partial charge in [0, 0.05) is 42.7 Å². The van der Waals surface area contributed by atoms with E-state index >= 15 is 0 Å². The van der Waals surface area contributed by atoms with Crippen LogP contribution in [-0.4, -0.2) is 58.9 Å². The van der Waals surface area contributed by atoms with E-state index in [0.29, 0.717) is 29.0 Å². The minimum absolute atomic E-state index is 0. The van der Waals surface area contributed by atoms with Gasteiger partial charge in [0.15, 0.2) is 24.1 Å². The average molecular weight is 569 g/mol. The molecule has 1 amide bonds. The molecule has 2 aromatic heterocycles. The van der Waals surface area contributed by atoms with Crippen molar-refractivity contribution in [1.82, 2.24) is 5.16 Å². The maximum absolute atomic E-state index is 13.5. The summed E-state index contributed by atoms with van der Waals surface area (Å²) < 4.78 is 11.9.